The standard InChI is InChI=1S/C31H35ClF3N3O4S/c1-20-7-11-23(12-8-20)18-37(22(3)29(40)36-30(4,5)6)28(39)19-38(43(41,42)25-14-9-21(2)10-15-25)24-13-16-27(32)26(17-24)31(33,34)35/h7-17,22H,18-19H2,1-6H3,(H,36,40)/t22-/m0/s1. The van der Waals surface area contributed by atoms with Crippen LogP contribution >= 0.6 is 11.6 Å². The highest BCUT2D eigenvalue weighted by molar-refractivity contribution is 7.92. The Bertz CT molecular complexity index is 1570. The minimum atomic E-state index is -4.88. The maximum atomic E-state index is 14.0. The van der Waals surface area contributed by atoms with Crippen molar-refractivity contribution in [2.24, 2.45) is 0 Å². The van der Waals surface area contributed by atoms with Gasteiger partial charge < -0.3 is 10.2 Å². The predicted octanol–water partition coefficient (Wildman–Crippen LogP) is 6.50. The van der Waals surface area contributed by atoms with Crippen LogP contribution in [0.1, 0.15) is 49.9 Å². The molecule has 0 bridgehead atoms. The lowest BCUT2D eigenvalue weighted by Crippen LogP contribution is -2.54. The third kappa shape index (κ3) is 8.73. The van der Waals surface area contributed by atoms with Gasteiger partial charge in [0.15, 0.2) is 0 Å². The first-order valence-corrected chi connectivity index (χ1v) is 15.2. The van der Waals surface area contributed by atoms with Crippen LogP contribution in [0.5, 0.6) is 0 Å². The van der Waals surface area contributed by atoms with E-state index < -0.39 is 62.4 Å². The largest absolute Gasteiger partial charge is 0.417 e. The molecule has 0 radical (unpaired) electrons. The smallest absolute Gasteiger partial charge is 0.350 e. The number of carbonyl (C=O) groups is 2. The number of carbonyl (C=O) groups excluding carboxylic acids is 2. The molecule has 1 N–H and O–H groups in total. The molecule has 232 valence electrons. The van der Waals surface area contributed by atoms with Gasteiger partial charge in [-0.05, 0) is 77.4 Å². The Hall–Kier alpha value is -3.57. The zero-order valence-electron chi connectivity index (χ0n) is 24.8. The summed E-state index contributed by atoms with van der Waals surface area (Å²) < 4.78 is 69.7. The lowest BCUT2D eigenvalue weighted by Gasteiger charge is -2.33. The van der Waals surface area contributed by atoms with E-state index in [2.05, 4.69) is 5.32 Å². The molecule has 0 saturated carbocycles. The van der Waals surface area contributed by atoms with E-state index in [0.717, 1.165) is 23.3 Å². The number of halogens is 4. The quantitative estimate of drug-likeness (QED) is 0.290. The minimum Gasteiger partial charge on any atom is -0.350 e. The van der Waals surface area contributed by atoms with Crippen LogP contribution in [-0.2, 0) is 32.3 Å². The van der Waals surface area contributed by atoms with Crippen molar-refractivity contribution in [1.82, 2.24) is 10.2 Å². The van der Waals surface area contributed by atoms with Gasteiger partial charge in [0.25, 0.3) is 10.0 Å². The molecule has 3 aromatic rings. The third-order valence-corrected chi connectivity index (χ3v) is 8.69. The molecule has 43 heavy (non-hydrogen) atoms. The van der Waals surface area contributed by atoms with Crippen LogP contribution < -0.4 is 9.62 Å². The van der Waals surface area contributed by atoms with Crippen LogP contribution in [0.25, 0.3) is 0 Å². The van der Waals surface area contributed by atoms with E-state index in [1.54, 1.807) is 52.0 Å². The van der Waals surface area contributed by atoms with Gasteiger partial charge in [-0.15, -0.1) is 0 Å². The average molecular weight is 638 g/mol. The lowest BCUT2D eigenvalue weighted by atomic mass is 10.1. The van der Waals surface area contributed by atoms with E-state index in [9.17, 15) is 31.2 Å². The molecule has 2 amide bonds. The van der Waals surface area contributed by atoms with E-state index in [1.807, 2.05) is 19.1 Å². The van der Waals surface area contributed by atoms with Crippen LogP contribution in [0.15, 0.2) is 71.6 Å². The highest BCUT2D eigenvalue weighted by atomic mass is 35.5. The molecule has 0 aromatic heterocycles. The van der Waals surface area contributed by atoms with Crippen molar-refractivity contribution in [3.05, 3.63) is 94.0 Å². The van der Waals surface area contributed by atoms with Crippen LogP contribution in [0, 0.1) is 13.8 Å². The molecular weight excluding hydrogens is 603 g/mol. The summed E-state index contributed by atoms with van der Waals surface area (Å²) in [5.41, 5.74) is 0.120. The molecule has 0 aliphatic carbocycles. The zero-order valence-corrected chi connectivity index (χ0v) is 26.4. The number of benzene rings is 3. The number of nitrogens with zero attached hydrogens (tertiary/aromatic N) is 2. The van der Waals surface area contributed by atoms with E-state index in [-0.39, 0.29) is 11.4 Å². The topological polar surface area (TPSA) is 86.8 Å². The molecule has 0 aliphatic rings. The molecular formula is C31H35ClF3N3O4S. The second kappa shape index (κ2) is 13.0. The Morgan fingerprint density at radius 2 is 1.44 bits per heavy atom. The van der Waals surface area contributed by atoms with Crippen molar-refractivity contribution in [1.29, 1.82) is 0 Å². The van der Waals surface area contributed by atoms with Gasteiger partial charge in [-0.3, -0.25) is 13.9 Å². The van der Waals surface area contributed by atoms with Crippen molar-refractivity contribution in [3.8, 4) is 0 Å². The summed E-state index contributed by atoms with van der Waals surface area (Å²) in [5.74, 6) is -1.27. The van der Waals surface area contributed by atoms with Crippen molar-refractivity contribution < 1.29 is 31.2 Å². The van der Waals surface area contributed by atoms with Crippen molar-refractivity contribution in [2.45, 2.75) is 70.7 Å². The molecule has 0 fully saturated rings. The van der Waals surface area contributed by atoms with E-state index in [0.29, 0.717) is 15.9 Å². The van der Waals surface area contributed by atoms with Crippen LogP contribution in [0.2, 0.25) is 5.02 Å². The monoisotopic (exact) mass is 637 g/mol. The van der Waals surface area contributed by atoms with Crippen molar-refractivity contribution >= 4 is 39.1 Å². The summed E-state index contributed by atoms with van der Waals surface area (Å²) in [6.45, 7) is 9.55. The van der Waals surface area contributed by atoms with Crippen molar-refractivity contribution in [3.63, 3.8) is 0 Å². The maximum absolute atomic E-state index is 14.0. The number of nitrogens with one attached hydrogen (secondary N) is 1. The predicted molar refractivity (Wildman–Crippen MR) is 161 cm³/mol. The molecule has 12 heteroatoms. The molecule has 1 atom stereocenters. The molecule has 0 saturated heterocycles. The second-order valence-electron chi connectivity index (χ2n) is 11.4. The number of anilines is 1. The first-order chi connectivity index (χ1) is 19.8. The number of hydrogen-bond donors (Lipinski definition) is 1. The molecule has 0 aliphatic heterocycles. The molecule has 0 spiro atoms. The summed E-state index contributed by atoms with van der Waals surface area (Å²) in [5, 5.41) is 2.20. The zero-order chi connectivity index (χ0) is 32.3. The van der Waals surface area contributed by atoms with Crippen LogP contribution in [0.3, 0.4) is 0 Å². The summed E-state index contributed by atoms with van der Waals surface area (Å²) in [4.78, 5) is 28.1. The Labute approximate surface area is 255 Å². The van der Waals surface area contributed by atoms with E-state index >= 15 is 0 Å². The Morgan fingerprint density at radius 1 is 0.907 bits per heavy atom. The number of alkyl halides is 3. The highest BCUT2D eigenvalue weighted by Crippen LogP contribution is 2.38. The molecule has 3 aromatic carbocycles. The normalized spacial score (nSPS) is 12.9. The van der Waals surface area contributed by atoms with Gasteiger partial charge in [0, 0.05) is 12.1 Å². The SMILES string of the molecule is Cc1ccc(CN(C(=O)CN(c2ccc(Cl)c(C(F)(F)F)c2)S(=O)(=O)c2ccc(C)cc2)[C@@H](C)C(=O)NC(C)(C)C)cc1. The van der Waals surface area contributed by atoms with Crippen LogP contribution in [-0.4, -0.2) is 43.3 Å². The molecule has 3 rings (SSSR count). The minimum absolute atomic E-state index is 0.0509. The maximum Gasteiger partial charge on any atom is 0.417 e. The fourth-order valence-corrected chi connectivity index (χ4v) is 5.83. The summed E-state index contributed by atoms with van der Waals surface area (Å²) >= 11 is 5.81. The molecule has 7 nitrogen and oxygen atoms in total. The Balaban J connectivity index is 2.13. The Kier molecular flexibility index (Phi) is 10.2. The first kappa shape index (κ1) is 33.9. The van der Waals surface area contributed by atoms with Gasteiger partial charge in [0.1, 0.15) is 12.6 Å². The molecule has 0 unspecified atom stereocenters. The third-order valence-electron chi connectivity index (χ3n) is 6.57. The Morgan fingerprint density at radius 3 is 1.95 bits per heavy atom. The molecule has 0 heterocycles. The number of aryl methyl sites for hydroxylation is 2. The second-order valence-corrected chi connectivity index (χ2v) is 13.7. The number of hydrogen-bond acceptors (Lipinski definition) is 4. The summed E-state index contributed by atoms with van der Waals surface area (Å²) in [6.07, 6.45) is -4.88. The average Bonchev–Trinajstić information content (AvgIpc) is 2.90. The fraction of sp³-hybridized carbons (Fsp3) is 0.355. The first-order valence-electron chi connectivity index (χ1n) is 13.4. The van der Waals surface area contributed by atoms with Gasteiger partial charge >= 0.3 is 6.18 Å². The van der Waals surface area contributed by atoms with Gasteiger partial charge in [-0.1, -0.05) is 59.1 Å². The fourth-order valence-electron chi connectivity index (χ4n) is 4.20. The lowest BCUT2D eigenvalue weighted by molar-refractivity contribution is -0.140. The van der Waals surface area contributed by atoms with Gasteiger partial charge in [-0.2, -0.15) is 13.2 Å². The van der Waals surface area contributed by atoms with Gasteiger partial charge in [-0.25, -0.2) is 8.42 Å². The van der Waals surface area contributed by atoms with Gasteiger partial charge in [0.05, 0.1) is 21.2 Å². The van der Waals surface area contributed by atoms with Crippen LogP contribution in [0.4, 0.5) is 18.9 Å². The van der Waals surface area contributed by atoms with Gasteiger partial charge in [0.2, 0.25) is 11.8 Å². The summed E-state index contributed by atoms with van der Waals surface area (Å²) in [7, 11) is -4.55. The summed E-state index contributed by atoms with van der Waals surface area (Å²) in [6, 6.07) is 14.5. The van der Waals surface area contributed by atoms with E-state index in [4.69, 9.17) is 11.6 Å². The van der Waals surface area contributed by atoms with E-state index in [1.165, 1.54) is 24.0 Å². The number of rotatable bonds is 9. The number of amides is 2. The number of sulfonamides is 1. The van der Waals surface area contributed by atoms with Crippen molar-refractivity contribution in [2.75, 3.05) is 10.8 Å². The highest BCUT2D eigenvalue weighted by Gasteiger charge is 2.37.